The molecule has 1 saturated heterocycles. The fraction of sp³-hybridized carbons (Fsp3) is 0.476. The molecule has 2 N–H and O–H groups in total. The van der Waals surface area contributed by atoms with Crippen molar-refractivity contribution in [1.82, 2.24) is 4.57 Å². The number of aromatic nitrogens is 1. The highest BCUT2D eigenvalue weighted by molar-refractivity contribution is 5.61. The van der Waals surface area contributed by atoms with Gasteiger partial charge in [0.2, 0.25) is 11.8 Å². The third-order valence-corrected chi connectivity index (χ3v) is 6.40. The summed E-state index contributed by atoms with van der Waals surface area (Å²) in [6, 6.07) is 4.11. The van der Waals surface area contributed by atoms with Crippen molar-refractivity contribution in [2.24, 2.45) is 0 Å². The molecule has 2 unspecified atom stereocenters. The van der Waals surface area contributed by atoms with Gasteiger partial charge in [-0.2, -0.15) is 18.4 Å². The monoisotopic (exact) mass is 437 g/mol. The first-order valence-electron chi connectivity index (χ1n) is 9.74. The third-order valence-electron chi connectivity index (χ3n) is 6.40. The van der Waals surface area contributed by atoms with Gasteiger partial charge in [0.1, 0.15) is 24.3 Å². The Morgan fingerprint density at radius 3 is 2.10 bits per heavy atom. The number of aromatic hydroxyl groups is 2. The van der Waals surface area contributed by atoms with E-state index in [2.05, 4.69) is 0 Å². The highest BCUT2D eigenvalue weighted by atomic mass is 19.4. The molecular weight excluding hydrogens is 415 g/mol. The van der Waals surface area contributed by atoms with Gasteiger partial charge in [-0.15, -0.1) is 0 Å². The van der Waals surface area contributed by atoms with Gasteiger partial charge in [0.25, 0.3) is 0 Å². The van der Waals surface area contributed by atoms with Gasteiger partial charge in [-0.1, -0.05) is 0 Å². The van der Waals surface area contributed by atoms with Crippen molar-refractivity contribution in [1.29, 1.82) is 5.26 Å². The van der Waals surface area contributed by atoms with Crippen molar-refractivity contribution in [3.63, 3.8) is 0 Å². The minimum atomic E-state index is -4.79. The van der Waals surface area contributed by atoms with Gasteiger partial charge in [0.05, 0.1) is 40.1 Å². The average molecular weight is 437 g/mol. The standard InChI is InChI=1S/C21H22F3N3O4/c1-11(2)27(30)9-19(3)15-16(20(4,10-27)31-19)18(29)26(17(15)28)13-6-5-12(8-25)14(7-13)21(22,23)24/h5-7,11,28-29H,9-10H2,1-4H3. The number of halogens is 3. The predicted octanol–water partition coefficient (Wildman–Crippen LogP) is 3.98. The maximum absolute atomic E-state index is 13.4. The number of nitriles is 1. The van der Waals surface area contributed by atoms with Crippen LogP contribution in [0.3, 0.4) is 0 Å². The second-order valence-electron chi connectivity index (χ2n) is 9.00. The van der Waals surface area contributed by atoms with Crippen LogP contribution in [0.1, 0.15) is 49.9 Å². The van der Waals surface area contributed by atoms with Crippen LogP contribution in [0, 0.1) is 16.5 Å². The molecular formula is C21H22F3N3O4. The first kappa shape index (κ1) is 21.5. The quantitative estimate of drug-likeness (QED) is 0.547. The summed E-state index contributed by atoms with van der Waals surface area (Å²) in [5.74, 6) is -0.984. The van der Waals surface area contributed by atoms with Gasteiger partial charge < -0.3 is 24.8 Å². The summed E-state index contributed by atoms with van der Waals surface area (Å²) in [6.07, 6.45) is -4.79. The molecule has 31 heavy (non-hydrogen) atoms. The normalized spacial score (nSPS) is 29.8. The molecule has 0 spiro atoms. The molecule has 4 rings (SSSR count). The minimum Gasteiger partial charge on any atom is -0.632 e. The number of quaternary nitrogens is 1. The SMILES string of the molecule is CC(C)[N+]1([O-])CC2(C)OC(C)(C1)c1c2c(O)n(-c2ccc(C#N)c(C(F)(F)F)c2)c1O. The molecule has 2 aromatic rings. The highest BCUT2D eigenvalue weighted by Gasteiger charge is 2.63. The van der Waals surface area contributed by atoms with Gasteiger partial charge in [0, 0.05) is 0 Å². The van der Waals surface area contributed by atoms with Crippen LogP contribution in [-0.4, -0.2) is 38.6 Å². The third kappa shape index (κ3) is 2.84. The Labute approximate surface area is 176 Å². The Balaban J connectivity index is 1.94. The molecule has 7 nitrogen and oxygen atoms in total. The van der Waals surface area contributed by atoms with E-state index in [1.54, 1.807) is 27.7 Å². The van der Waals surface area contributed by atoms with Gasteiger partial charge in [0.15, 0.2) is 0 Å². The Hall–Kier alpha value is -2.74. The lowest BCUT2D eigenvalue weighted by molar-refractivity contribution is -0.925. The summed E-state index contributed by atoms with van der Waals surface area (Å²) >= 11 is 0. The fourth-order valence-electron chi connectivity index (χ4n) is 5.06. The van der Waals surface area contributed by atoms with Crippen molar-refractivity contribution in [2.45, 2.75) is 51.1 Å². The molecule has 0 radical (unpaired) electrons. The Morgan fingerprint density at radius 2 is 1.68 bits per heavy atom. The van der Waals surface area contributed by atoms with Gasteiger partial charge >= 0.3 is 6.18 Å². The van der Waals surface area contributed by atoms with Crippen LogP contribution in [0.4, 0.5) is 13.2 Å². The van der Waals surface area contributed by atoms with Gasteiger partial charge in [-0.3, -0.25) is 4.57 Å². The summed E-state index contributed by atoms with van der Waals surface area (Å²) in [5, 5.41) is 44.4. The summed E-state index contributed by atoms with van der Waals surface area (Å²) in [6.45, 7) is 6.78. The summed E-state index contributed by atoms with van der Waals surface area (Å²) in [5.41, 5.74) is -3.98. The number of hydrogen-bond acceptors (Lipinski definition) is 5. The van der Waals surface area contributed by atoms with Gasteiger partial charge in [-0.25, -0.2) is 0 Å². The fourth-order valence-corrected chi connectivity index (χ4v) is 5.06. The molecule has 3 heterocycles. The molecule has 2 atom stereocenters. The predicted molar refractivity (Wildman–Crippen MR) is 103 cm³/mol. The lowest BCUT2D eigenvalue weighted by Gasteiger charge is -2.56. The number of hydroxylamine groups is 3. The van der Waals surface area contributed by atoms with Crippen LogP contribution in [0.15, 0.2) is 18.2 Å². The minimum absolute atomic E-state index is 0.0224. The Kier molecular flexibility index (Phi) is 4.27. The van der Waals surface area contributed by atoms with Crippen LogP contribution in [0.25, 0.3) is 5.69 Å². The Morgan fingerprint density at radius 1 is 1.16 bits per heavy atom. The maximum Gasteiger partial charge on any atom is 0.417 e. The molecule has 166 valence electrons. The number of morpholine rings is 1. The number of nitrogens with zero attached hydrogens (tertiary/aromatic N) is 3. The van der Waals surface area contributed by atoms with Crippen LogP contribution in [-0.2, 0) is 22.1 Å². The average Bonchev–Trinajstić information content (AvgIpc) is 3.00. The van der Waals surface area contributed by atoms with Crippen LogP contribution in [0.2, 0.25) is 0 Å². The van der Waals surface area contributed by atoms with Crippen molar-refractivity contribution in [3.8, 4) is 23.5 Å². The van der Waals surface area contributed by atoms with E-state index in [1.165, 1.54) is 12.1 Å². The first-order chi connectivity index (χ1) is 14.2. The Bertz CT molecular complexity index is 1090. The number of benzene rings is 1. The number of ether oxygens (including phenoxy) is 1. The second-order valence-corrected chi connectivity index (χ2v) is 9.00. The molecule has 10 heteroatoms. The van der Waals surface area contributed by atoms with Gasteiger partial charge in [-0.05, 0) is 45.9 Å². The van der Waals surface area contributed by atoms with E-state index in [0.717, 1.165) is 10.6 Å². The number of alkyl halides is 3. The molecule has 1 fully saturated rings. The topological polar surface area (TPSA) is 101 Å². The summed E-state index contributed by atoms with van der Waals surface area (Å²) in [4.78, 5) is 0. The number of rotatable bonds is 2. The maximum atomic E-state index is 13.4. The number of fused-ring (bicyclic) bond motifs is 5. The molecule has 2 aliphatic heterocycles. The van der Waals surface area contributed by atoms with E-state index in [9.17, 15) is 28.6 Å². The van der Waals surface area contributed by atoms with E-state index in [4.69, 9.17) is 10.00 Å². The van der Waals surface area contributed by atoms with Crippen molar-refractivity contribution < 1.29 is 32.8 Å². The van der Waals surface area contributed by atoms with Crippen molar-refractivity contribution in [2.75, 3.05) is 13.1 Å². The lowest BCUT2D eigenvalue weighted by atomic mass is 9.94. The van der Waals surface area contributed by atoms with E-state index in [-0.39, 0.29) is 35.9 Å². The van der Waals surface area contributed by atoms with Crippen LogP contribution >= 0.6 is 0 Å². The molecule has 0 amide bonds. The molecule has 1 aromatic carbocycles. The smallest absolute Gasteiger partial charge is 0.417 e. The molecule has 2 bridgehead atoms. The largest absolute Gasteiger partial charge is 0.632 e. The van der Waals surface area contributed by atoms with E-state index < -0.39 is 44.9 Å². The number of hydrogen-bond donors (Lipinski definition) is 2. The molecule has 2 aliphatic rings. The summed E-state index contributed by atoms with van der Waals surface area (Å²) < 4.78 is 46.7. The highest BCUT2D eigenvalue weighted by Crippen LogP contribution is 2.60. The van der Waals surface area contributed by atoms with Crippen LogP contribution in [0.5, 0.6) is 11.8 Å². The van der Waals surface area contributed by atoms with Crippen molar-refractivity contribution >= 4 is 0 Å². The zero-order valence-corrected chi connectivity index (χ0v) is 17.4. The van der Waals surface area contributed by atoms with E-state index >= 15 is 0 Å². The van der Waals surface area contributed by atoms with Crippen LogP contribution < -0.4 is 0 Å². The summed E-state index contributed by atoms with van der Waals surface area (Å²) in [7, 11) is 0. The zero-order chi connectivity index (χ0) is 23.1. The first-order valence-corrected chi connectivity index (χ1v) is 9.74. The van der Waals surface area contributed by atoms with Crippen molar-refractivity contribution in [3.05, 3.63) is 45.7 Å². The molecule has 0 saturated carbocycles. The van der Waals surface area contributed by atoms with E-state index in [0.29, 0.717) is 6.07 Å². The molecule has 1 aromatic heterocycles. The zero-order valence-electron chi connectivity index (χ0n) is 17.4. The van der Waals surface area contributed by atoms with E-state index in [1.807, 2.05) is 0 Å². The second kappa shape index (κ2) is 6.16. The lowest BCUT2D eigenvalue weighted by Crippen LogP contribution is -2.63. The molecule has 0 aliphatic carbocycles.